The van der Waals surface area contributed by atoms with E-state index in [-0.39, 0.29) is 5.91 Å². The Kier molecular flexibility index (Phi) is 5.59. The summed E-state index contributed by atoms with van der Waals surface area (Å²) in [5.41, 5.74) is 0.837. The van der Waals surface area contributed by atoms with Gasteiger partial charge in [0.05, 0.1) is 10.6 Å². The molecular formula is C20H19ClN2O2S. The molecule has 2 aromatic heterocycles. The second-order valence-corrected chi connectivity index (χ2v) is 7.62. The van der Waals surface area contributed by atoms with Crippen molar-refractivity contribution in [1.82, 2.24) is 10.3 Å². The Morgan fingerprint density at radius 3 is 2.65 bits per heavy atom. The maximum atomic E-state index is 12.6. The highest BCUT2D eigenvalue weighted by Gasteiger charge is 2.29. The minimum Gasteiger partial charge on any atom is -0.478 e. The number of nitrogens with one attached hydrogen (secondary N) is 1. The molecule has 0 saturated carbocycles. The van der Waals surface area contributed by atoms with E-state index in [1.807, 2.05) is 29.6 Å². The number of halogens is 1. The number of hydrogen-bond acceptors (Lipinski definition) is 4. The smallest absolute Gasteiger partial charge is 0.263 e. The molecule has 0 saturated heterocycles. The summed E-state index contributed by atoms with van der Waals surface area (Å²) in [6.07, 6.45) is 1.76. The van der Waals surface area contributed by atoms with Gasteiger partial charge in [-0.05, 0) is 61.2 Å². The van der Waals surface area contributed by atoms with Gasteiger partial charge < -0.3 is 10.1 Å². The number of carbonyl (C=O) groups is 1. The molecule has 3 rings (SSSR count). The molecule has 0 radical (unpaired) electrons. The molecule has 4 nitrogen and oxygen atoms in total. The fourth-order valence-electron chi connectivity index (χ4n) is 2.45. The van der Waals surface area contributed by atoms with Crippen molar-refractivity contribution in [3.8, 4) is 16.3 Å². The highest BCUT2D eigenvalue weighted by molar-refractivity contribution is 7.13. The molecule has 2 heterocycles. The van der Waals surface area contributed by atoms with Crippen molar-refractivity contribution in [2.24, 2.45) is 0 Å². The first kappa shape index (κ1) is 18.4. The van der Waals surface area contributed by atoms with Crippen molar-refractivity contribution >= 4 is 28.8 Å². The number of nitrogens with zero attached hydrogens (tertiary/aromatic N) is 1. The van der Waals surface area contributed by atoms with Crippen LogP contribution in [-0.4, -0.2) is 16.5 Å². The van der Waals surface area contributed by atoms with Crippen molar-refractivity contribution in [3.63, 3.8) is 0 Å². The summed E-state index contributed by atoms with van der Waals surface area (Å²) in [6.45, 7) is 3.86. The van der Waals surface area contributed by atoms with Gasteiger partial charge in [-0.1, -0.05) is 23.7 Å². The summed E-state index contributed by atoms with van der Waals surface area (Å²) in [4.78, 5) is 18.2. The van der Waals surface area contributed by atoms with Crippen LogP contribution in [0.25, 0.3) is 10.6 Å². The Labute approximate surface area is 161 Å². The zero-order valence-corrected chi connectivity index (χ0v) is 16.1. The molecule has 0 aliphatic heterocycles. The number of pyridine rings is 1. The second kappa shape index (κ2) is 7.89. The van der Waals surface area contributed by atoms with Gasteiger partial charge in [0.1, 0.15) is 5.75 Å². The van der Waals surface area contributed by atoms with Crippen molar-refractivity contribution in [3.05, 3.63) is 70.7 Å². The van der Waals surface area contributed by atoms with Crippen LogP contribution in [0.2, 0.25) is 5.02 Å². The highest BCUT2D eigenvalue weighted by atomic mass is 35.5. The summed E-state index contributed by atoms with van der Waals surface area (Å²) >= 11 is 7.50. The number of amides is 1. The molecule has 0 fully saturated rings. The third-order valence-electron chi connectivity index (χ3n) is 3.82. The largest absolute Gasteiger partial charge is 0.478 e. The third-order valence-corrected chi connectivity index (χ3v) is 4.95. The average molecular weight is 387 g/mol. The number of carbonyl (C=O) groups excluding carboxylic acids is 1. The summed E-state index contributed by atoms with van der Waals surface area (Å²) in [6, 6.07) is 14.8. The first-order valence-corrected chi connectivity index (χ1v) is 9.42. The molecular weight excluding hydrogens is 368 g/mol. The van der Waals surface area contributed by atoms with Crippen molar-refractivity contribution in [1.29, 1.82) is 0 Å². The minimum absolute atomic E-state index is 0.201. The number of thiophene rings is 1. The normalized spacial score (nSPS) is 11.2. The molecule has 0 bridgehead atoms. The van der Waals surface area contributed by atoms with E-state index >= 15 is 0 Å². The fourth-order valence-corrected chi connectivity index (χ4v) is 3.33. The van der Waals surface area contributed by atoms with E-state index in [4.69, 9.17) is 16.3 Å². The van der Waals surface area contributed by atoms with Gasteiger partial charge in [-0.15, -0.1) is 11.3 Å². The zero-order chi connectivity index (χ0) is 18.6. The molecule has 3 aromatic rings. The van der Waals surface area contributed by atoms with E-state index in [0.29, 0.717) is 17.3 Å². The van der Waals surface area contributed by atoms with Gasteiger partial charge in [0.15, 0.2) is 5.60 Å². The van der Waals surface area contributed by atoms with E-state index in [0.717, 1.165) is 16.1 Å². The van der Waals surface area contributed by atoms with Gasteiger partial charge in [0.2, 0.25) is 0 Å². The van der Waals surface area contributed by atoms with Gasteiger partial charge >= 0.3 is 0 Å². The summed E-state index contributed by atoms with van der Waals surface area (Å²) in [5, 5.41) is 5.58. The van der Waals surface area contributed by atoms with Crippen LogP contribution in [0.15, 0.2) is 60.1 Å². The van der Waals surface area contributed by atoms with Crippen LogP contribution in [0, 0.1) is 0 Å². The van der Waals surface area contributed by atoms with Crippen molar-refractivity contribution < 1.29 is 9.53 Å². The number of aromatic nitrogens is 1. The molecule has 0 atom stereocenters. The lowest BCUT2D eigenvalue weighted by Crippen LogP contribution is -2.46. The van der Waals surface area contributed by atoms with E-state index in [2.05, 4.69) is 10.3 Å². The molecule has 26 heavy (non-hydrogen) atoms. The van der Waals surface area contributed by atoms with Gasteiger partial charge in [-0.2, -0.15) is 0 Å². The fraction of sp³-hybridized carbons (Fsp3) is 0.200. The number of hydrogen-bond donors (Lipinski definition) is 1. The lowest BCUT2D eigenvalue weighted by Gasteiger charge is -2.25. The quantitative estimate of drug-likeness (QED) is 0.653. The van der Waals surface area contributed by atoms with Gasteiger partial charge in [-0.25, -0.2) is 0 Å². The maximum Gasteiger partial charge on any atom is 0.263 e. The lowest BCUT2D eigenvalue weighted by molar-refractivity contribution is -0.134. The van der Waals surface area contributed by atoms with Crippen LogP contribution in [0.1, 0.15) is 19.4 Å². The van der Waals surface area contributed by atoms with E-state index in [1.54, 1.807) is 55.6 Å². The average Bonchev–Trinajstić information content (AvgIpc) is 3.16. The topological polar surface area (TPSA) is 51.2 Å². The Morgan fingerprint density at radius 2 is 1.96 bits per heavy atom. The van der Waals surface area contributed by atoms with Crippen LogP contribution in [0.5, 0.6) is 5.75 Å². The SMILES string of the molecule is CC(C)(Oc1ccc(Cl)cc1)C(=O)NCc1cccnc1-c1cccs1. The highest BCUT2D eigenvalue weighted by Crippen LogP contribution is 2.26. The predicted octanol–water partition coefficient (Wildman–Crippen LogP) is 4.94. The summed E-state index contributed by atoms with van der Waals surface area (Å²) in [5.74, 6) is 0.392. The molecule has 1 amide bonds. The molecule has 1 aromatic carbocycles. The van der Waals surface area contributed by atoms with E-state index < -0.39 is 5.60 Å². The Balaban J connectivity index is 1.68. The first-order chi connectivity index (χ1) is 12.5. The van der Waals surface area contributed by atoms with Crippen LogP contribution >= 0.6 is 22.9 Å². The predicted molar refractivity (Wildman–Crippen MR) is 106 cm³/mol. The standard InChI is InChI=1S/C20H19ClN2O2S/c1-20(2,25-16-9-7-15(21)8-10-16)19(24)23-13-14-5-3-11-22-18(14)17-6-4-12-26-17/h3-12H,13H2,1-2H3,(H,23,24). The third kappa shape index (κ3) is 4.42. The Bertz CT molecular complexity index is 877. The molecule has 0 aliphatic rings. The number of benzene rings is 1. The maximum absolute atomic E-state index is 12.6. The number of rotatable bonds is 6. The minimum atomic E-state index is -1.01. The van der Waals surface area contributed by atoms with Crippen LogP contribution in [0.4, 0.5) is 0 Å². The Morgan fingerprint density at radius 1 is 1.19 bits per heavy atom. The molecule has 134 valence electrons. The van der Waals surface area contributed by atoms with Crippen LogP contribution in [-0.2, 0) is 11.3 Å². The van der Waals surface area contributed by atoms with Crippen LogP contribution < -0.4 is 10.1 Å². The lowest BCUT2D eigenvalue weighted by atomic mass is 10.1. The zero-order valence-electron chi connectivity index (χ0n) is 14.5. The van der Waals surface area contributed by atoms with Gasteiger partial charge in [-0.3, -0.25) is 9.78 Å². The van der Waals surface area contributed by atoms with Crippen LogP contribution in [0.3, 0.4) is 0 Å². The van der Waals surface area contributed by atoms with Crippen molar-refractivity contribution in [2.75, 3.05) is 0 Å². The number of ether oxygens (including phenoxy) is 1. The summed E-state index contributed by atoms with van der Waals surface area (Å²) in [7, 11) is 0. The molecule has 0 unspecified atom stereocenters. The van der Waals surface area contributed by atoms with E-state index in [1.165, 1.54) is 0 Å². The summed E-state index contributed by atoms with van der Waals surface area (Å²) < 4.78 is 5.83. The molecule has 0 spiro atoms. The molecule has 1 N–H and O–H groups in total. The monoisotopic (exact) mass is 386 g/mol. The van der Waals surface area contributed by atoms with Gasteiger partial charge in [0, 0.05) is 17.8 Å². The van der Waals surface area contributed by atoms with Gasteiger partial charge in [0.25, 0.3) is 5.91 Å². The Hall–Kier alpha value is -2.37. The van der Waals surface area contributed by atoms with Crippen molar-refractivity contribution in [2.45, 2.75) is 26.0 Å². The molecule has 0 aliphatic carbocycles. The second-order valence-electron chi connectivity index (χ2n) is 6.24. The first-order valence-electron chi connectivity index (χ1n) is 8.16. The molecule has 6 heteroatoms. The van der Waals surface area contributed by atoms with E-state index in [9.17, 15) is 4.79 Å².